The Morgan fingerprint density at radius 2 is 1.85 bits per heavy atom. The van der Waals surface area contributed by atoms with Gasteiger partial charge in [-0.2, -0.15) is 0 Å². The van der Waals surface area contributed by atoms with Crippen LogP contribution in [0.3, 0.4) is 0 Å². The SMILES string of the molecule is Cc1sc2c(c1C)CN(Cc1ccncc1)CN2C(=O)c1ccccc1. The van der Waals surface area contributed by atoms with E-state index in [4.69, 9.17) is 0 Å². The van der Waals surface area contributed by atoms with Crippen molar-refractivity contribution in [3.05, 3.63) is 82.0 Å². The average molecular weight is 363 g/mol. The van der Waals surface area contributed by atoms with Crippen molar-refractivity contribution in [2.75, 3.05) is 11.6 Å². The lowest BCUT2D eigenvalue weighted by Crippen LogP contribution is -2.44. The number of thiophene rings is 1. The molecule has 4 rings (SSSR count). The highest BCUT2D eigenvalue weighted by Crippen LogP contribution is 2.40. The van der Waals surface area contributed by atoms with Crippen LogP contribution in [0.2, 0.25) is 0 Å². The highest BCUT2D eigenvalue weighted by molar-refractivity contribution is 7.16. The Morgan fingerprint density at radius 1 is 1.12 bits per heavy atom. The Morgan fingerprint density at radius 3 is 2.58 bits per heavy atom. The van der Waals surface area contributed by atoms with Crippen LogP contribution in [0.1, 0.15) is 31.9 Å². The van der Waals surface area contributed by atoms with Gasteiger partial charge < -0.3 is 0 Å². The molecule has 0 saturated heterocycles. The van der Waals surface area contributed by atoms with E-state index in [1.54, 1.807) is 11.3 Å². The van der Waals surface area contributed by atoms with Crippen LogP contribution >= 0.6 is 11.3 Å². The second kappa shape index (κ2) is 7.02. The molecule has 1 aliphatic heterocycles. The van der Waals surface area contributed by atoms with Gasteiger partial charge in [0.2, 0.25) is 0 Å². The summed E-state index contributed by atoms with van der Waals surface area (Å²) in [5.41, 5.74) is 4.51. The minimum atomic E-state index is 0.0625. The van der Waals surface area contributed by atoms with E-state index in [2.05, 4.69) is 23.7 Å². The predicted molar refractivity (Wildman–Crippen MR) is 105 cm³/mol. The zero-order valence-corrected chi connectivity index (χ0v) is 15.8. The highest BCUT2D eigenvalue weighted by Gasteiger charge is 2.31. The van der Waals surface area contributed by atoms with E-state index in [0.717, 1.165) is 23.7 Å². The zero-order chi connectivity index (χ0) is 18.1. The second-order valence-electron chi connectivity index (χ2n) is 6.65. The molecule has 2 aromatic heterocycles. The molecule has 1 aliphatic rings. The van der Waals surface area contributed by atoms with E-state index < -0.39 is 0 Å². The lowest BCUT2D eigenvalue weighted by atomic mass is 10.1. The van der Waals surface area contributed by atoms with Crippen LogP contribution in [-0.2, 0) is 13.1 Å². The summed E-state index contributed by atoms with van der Waals surface area (Å²) in [5, 5.41) is 1.10. The number of benzene rings is 1. The van der Waals surface area contributed by atoms with Crippen molar-refractivity contribution < 1.29 is 4.79 Å². The smallest absolute Gasteiger partial charge is 0.260 e. The quantitative estimate of drug-likeness (QED) is 0.693. The topological polar surface area (TPSA) is 36.4 Å². The summed E-state index contributed by atoms with van der Waals surface area (Å²) < 4.78 is 0. The summed E-state index contributed by atoms with van der Waals surface area (Å²) in [6, 6.07) is 13.6. The number of pyridine rings is 1. The van der Waals surface area contributed by atoms with Crippen molar-refractivity contribution in [2.45, 2.75) is 26.9 Å². The molecule has 5 heteroatoms. The first-order chi connectivity index (χ1) is 12.6. The minimum Gasteiger partial charge on any atom is -0.286 e. The third-order valence-electron chi connectivity index (χ3n) is 4.88. The molecule has 0 saturated carbocycles. The van der Waals surface area contributed by atoms with Gasteiger partial charge in [-0.1, -0.05) is 18.2 Å². The van der Waals surface area contributed by atoms with Gasteiger partial charge in [-0.05, 0) is 49.2 Å². The number of carbonyl (C=O) groups excluding carboxylic acids is 1. The van der Waals surface area contributed by atoms with E-state index in [-0.39, 0.29) is 5.91 Å². The lowest BCUT2D eigenvalue weighted by Gasteiger charge is -2.35. The van der Waals surface area contributed by atoms with Gasteiger partial charge in [0.15, 0.2) is 0 Å². The monoisotopic (exact) mass is 363 g/mol. The number of hydrogen-bond acceptors (Lipinski definition) is 4. The molecule has 26 heavy (non-hydrogen) atoms. The van der Waals surface area contributed by atoms with Gasteiger partial charge in [-0.15, -0.1) is 11.3 Å². The van der Waals surface area contributed by atoms with E-state index >= 15 is 0 Å². The molecule has 0 aliphatic carbocycles. The Labute approximate surface area is 157 Å². The molecule has 4 nitrogen and oxygen atoms in total. The van der Waals surface area contributed by atoms with Gasteiger partial charge in [0, 0.05) is 41.5 Å². The molecular weight excluding hydrogens is 342 g/mol. The van der Waals surface area contributed by atoms with Crippen molar-refractivity contribution in [2.24, 2.45) is 0 Å². The Kier molecular flexibility index (Phi) is 4.57. The van der Waals surface area contributed by atoms with E-state index in [1.165, 1.54) is 21.6 Å². The van der Waals surface area contributed by atoms with Crippen LogP contribution in [0, 0.1) is 13.8 Å². The number of fused-ring (bicyclic) bond motifs is 1. The number of aryl methyl sites for hydroxylation is 1. The fraction of sp³-hybridized carbons (Fsp3) is 0.238. The first-order valence-corrected chi connectivity index (χ1v) is 9.52. The second-order valence-corrected chi connectivity index (χ2v) is 7.85. The van der Waals surface area contributed by atoms with Crippen LogP contribution in [0.5, 0.6) is 0 Å². The normalized spacial score (nSPS) is 14.3. The Balaban J connectivity index is 1.68. The van der Waals surface area contributed by atoms with Crippen molar-refractivity contribution >= 4 is 22.2 Å². The third kappa shape index (κ3) is 3.16. The van der Waals surface area contributed by atoms with Gasteiger partial charge in [0.05, 0.1) is 6.67 Å². The molecule has 0 bridgehead atoms. The summed E-state index contributed by atoms with van der Waals surface area (Å²) in [5.74, 6) is 0.0625. The van der Waals surface area contributed by atoms with E-state index in [9.17, 15) is 4.79 Å². The average Bonchev–Trinajstić information content (AvgIpc) is 2.97. The Hall–Kier alpha value is -2.50. The molecule has 3 aromatic rings. The highest BCUT2D eigenvalue weighted by atomic mass is 32.1. The maximum atomic E-state index is 13.2. The maximum absolute atomic E-state index is 13.2. The summed E-state index contributed by atoms with van der Waals surface area (Å²) in [6.45, 7) is 6.56. The molecule has 132 valence electrons. The number of amides is 1. The molecule has 0 radical (unpaired) electrons. The van der Waals surface area contributed by atoms with Gasteiger partial charge in [0.25, 0.3) is 5.91 Å². The van der Waals surface area contributed by atoms with Crippen molar-refractivity contribution in [1.29, 1.82) is 0 Å². The van der Waals surface area contributed by atoms with Crippen molar-refractivity contribution in [1.82, 2.24) is 9.88 Å². The summed E-state index contributed by atoms with van der Waals surface area (Å²) >= 11 is 1.72. The van der Waals surface area contributed by atoms with Crippen LogP contribution in [0.15, 0.2) is 54.9 Å². The molecular formula is C21H21N3OS. The predicted octanol–water partition coefficient (Wildman–Crippen LogP) is 4.38. The molecule has 0 N–H and O–H groups in total. The number of nitrogens with zero attached hydrogens (tertiary/aromatic N) is 3. The van der Waals surface area contributed by atoms with Crippen molar-refractivity contribution in [3.8, 4) is 0 Å². The van der Waals surface area contributed by atoms with Crippen LogP contribution < -0.4 is 4.90 Å². The summed E-state index contributed by atoms with van der Waals surface area (Å²) in [7, 11) is 0. The van der Waals surface area contributed by atoms with E-state index in [1.807, 2.05) is 59.8 Å². The van der Waals surface area contributed by atoms with E-state index in [0.29, 0.717) is 6.67 Å². The fourth-order valence-corrected chi connectivity index (χ4v) is 4.50. The van der Waals surface area contributed by atoms with Crippen LogP contribution in [0.4, 0.5) is 5.00 Å². The number of aromatic nitrogens is 1. The molecule has 3 heterocycles. The lowest BCUT2D eigenvalue weighted by molar-refractivity contribution is 0.0957. The van der Waals surface area contributed by atoms with Crippen LogP contribution in [0.25, 0.3) is 0 Å². The van der Waals surface area contributed by atoms with Gasteiger partial charge in [0.1, 0.15) is 5.00 Å². The summed E-state index contributed by atoms with van der Waals surface area (Å²) in [6.07, 6.45) is 3.63. The van der Waals surface area contributed by atoms with Crippen LogP contribution in [-0.4, -0.2) is 22.5 Å². The number of carbonyl (C=O) groups is 1. The molecule has 1 aromatic carbocycles. The summed E-state index contributed by atoms with van der Waals surface area (Å²) in [4.78, 5) is 22.8. The number of hydrogen-bond donors (Lipinski definition) is 0. The molecule has 0 spiro atoms. The zero-order valence-electron chi connectivity index (χ0n) is 15.0. The fourth-order valence-electron chi connectivity index (χ4n) is 3.34. The maximum Gasteiger partial charge on any atom is 0.260 e. The molecule has 0 unspecified atom stereocenters. The Bertz CT molecular complexity index is 921. The van der Waals surface area contributed by atoms with Gasteiger partial charge in [-0.25, -0.2) is 0 Å². The first kappa shape index (κ1) is 16.9. The largest absolute Gasteiger partial charge is 0.286 e. The van der Waals surface area contributed by atoms with Crippen molar-refractivity contribution in [3.63, 3.8) is 0 Å². The first-order valence-electron chi connectivity index (χ1n) is 8.70. The van der Waals surface area contributed by atoms with Gasteiger partial charge >= 0.3 is 0 Å². The molecule has 0 fully saturated rings. The number of anilines is 1. The van der Waals surface area contributed by atoms with Gasteiger partial charge in [-0.3, -0.25) is 19.6 Å². The molecule has 0 atom stereocenters. The standard InChI is InChI=1S/C21H21N3OS/c1-15-16(2)26-21-19(15)13-23(12-17-8-10-22-11-9-17)14-24(21)20(25)18-6-4-3-5-7-18/h3-11H,12-14H2,1-2H3. The minimum absolute atomic E-state index is 0.0625. The number of rotatable bonds is 3. The third-order valence-corrected chi connectivity index (χ3v) is 6.15. The molecule has 1 amide bonds.